The van der Waals surface area contributed by atoms with Crippen molar-refractivity contribution in [2.24, 2.45) is 0 Å². The van der Waals surface area contributed by atoms with Crippen molar-refractivity contribution in [3.63, 3.8) is 0 Å². The molecule has 26 heavy (non-hydrogen) atoms. The van der Waals surface area contributed by atoms with Crippen molar-refractivity contribution in [3.8, 4) is 0 Å². The third-order valence-electron chi connectivity index (χ3n) is 4.20. The van der Waals surface area contributed by atoms with E-state index in [1.54, 1.807) is 44.2 Å². The molecule has 0 saturated carbocycles. The number of hydrogen-bond donors (Lipinski definition) is 1. The number of amides is 1. The lowest BCUT2D eigenvalue weighted by atomic mass is 10.0. The molecule has 7 heteroatoms. The average Bonchev–Trinajstić information content (AvgIpc) is 2.56. The van der Waals surface area contributed by atoms with E-state index >= 15 is 0 Å². The second kappa shape index (κ2) is 7.39. The van der Waals surface area contributed by atoms with E-state index in [2.05, 4.69) is 5.32 Å². The molecule has 2 aromatic rings. The molecule has 0 aliphatic rings. The van der Waals surface area contributed by atoms with Crippen LogP contribution in [0.4, 0.5) is 5.69 Å². The van der Waals surface area contributed by atoms with E-state index in [-0.39, 0.29) is 16.2 Å². The van der Waals surface area contributed by atoms with Crippen LogP contribution in [0.5, 0.6) is 0 Å². The third-order valence-corrected chi connectivity index (χ3v) is 6.14. The highest BCUT2D eigenvalue weighted by molar-refractivity contribution is 7.89. The number of carbonyl (C=O) groups is 2. The Bertz CT molecular complexity index is 979. The van der Waals surface area contributed by atoms with Gasteiger partial charge in [0.2, 0.25) is 10.0 Å². The second-order valence-electron chi connectivity index (χ2n) is 6.26. The average molecular weight is 374 g/mol. The molecule has 0 aliphatic heterocycles. The summed E-state index contributed by atoms with van der Waals surface area (Å²) in [4.78, 5) is 24.5. The van der Waals surface area contributed by atoms with E-state index in [0.717, 1.165) is 4.31 Å². The van der Waals surface area contributed by atoms with Crippen LogP contribution < -0.4 is 5.32 Å². The minimum absolute atomic E-state index is 0.0903. The summed E-state index contributed by atoms with van der Waals surface area (Å²) in [6.07, 6.45) is 0. The number of rotatable bonds is 5. The van der Waals surface area contributed by atoms with Gasteiger partial charge in [0.25, 0.3) is 5.91 Å². The Labute approximate surface area is 153 Å². The molecule has 1 amide bonds. The zero-order valence-electron chi connectivity index (χ0n) is 15.5. The van der Waals surface area contributed by atoms with E-state index in [1.165, 1.54) is 27.1 Å². The fourth-order valence-corrected chi connectivity index (χ4v) is 3.73. The molecule has 0 spiro atoms. The molecule has 0 aromatic heterocycles. The van der Waals surface area contributed by atoms with Gasteiger partial charge in [-0.05, 0) is 56.2 Å². The maximum absolute atomic E-state index is 12.7. The number of ketones is 1. The standard InChI is InChI=1S/C19H22N2O4S/c1-12-10-15(11-18(13(12)2)26(24,25)21(4)5)19(23)20-17-9-7-6-8-16(17)14(3)22/h6-11H,1-5H3,(H,20,23). The van der Waals surface area contributed by atoms with Crippen molar-refractivity contribution in [1.29, 1.82) is 0 Å². The minimum Gasteiger partial charge on any atom is -0.321 e. The Morgan fingerprint density at radius 1 is 1.04 bits per heavy atom. The van der Waals surface area contributed by atoms with E-state index < -0.39 is 15.9 Å². The minimum atomic E-state index is -3.68. The molecule has 2 aromatic carbocycles. The first kappa shape index (κ1) is 19.8. The smallest absolute Gasteiger partial charge is 0.255 e. The highest BCUT2D eigenvalue weighted by Gasteiger charge is 2.23. The van der Waals surface area contributed by atoms with Crippen LogP contribution in [0.15, 0.2) is 41.3 Å². The van der Waals surface area contributed by atoms with Crippen LogP contribution in [0.25, 0.3) is 0 Å². The highest BCUT2D eigenvalue weighted by atomic mass is 32.2. The summed E-state index contributed by atoms with van der Waals surface area (Å²) < 4.78 is 26.2. The zero-order valence-corrected chi connectivity index (χ0v) is 16.3. The van der Waals surface area contributed by atoms with Crippen LogP contribution in [-0.4, -0.2) is 38.5 Å². The van der Waals surface area contributed by atoms with Crippen molar-refractivity contribution in [3.05, 3.63) is 58.7 Å². The summed E-state index contributed by atoms with van der Waals surface area (Å²) in [5.74, 6) is -0.645. The van der Waals surface area contributed by atoms with Gasteiger partial charge in [0.1, 0.15) is 0 Å². The molecule has 0 bridgehead atoms. The van der Waals surface area contributed by atoms with Gasteiger partial charge in [-0.3, -0.25) is 9.59 Å². The van der Waals surface area contributed by atoms with Gasteiger partial charge in [-0.25, -0.2) is 12.7 Å². The van der Waals surface area contributed by atoms with Crippen LogP contribution >= 0.6 is 0 Å². The van der Waals surface area contributed by atoms with Crippen molar-refractivity contribution in [2.45, 2.75) is 25.7 Å². The number of aryl methyl sites for hydroxylation is 1. The van der Waals surface area contributed by atoms with Gasteiger partial charge in [-0.1, -0.05) is 12.1 Å². The van der Waals surface area contributed by atoms with Crippen molar-refractivity contribution < 1.29 is 18.0 Å². The molecule has 0 unspecified atom stereocenters. The molecule has 0 aliphatic carbocycles. The largest absolute Gasteiger partial charge is 0.321 e. The normalized spacial score (nSPS) is 11.5. The first-order valence-electron chi connectivity index (χ1n) is 8.00. The number of sulfonamides is 1. The first-order valence-corrected chi connectivity index (χ1v) is 9.44. The predicted molar refractivity (Wildman–Crippen MR) is 101 cm³/mol. The van der Waals surface area contributed by atoms with E-state index in [1.807, 2.05) is 0 Å². The van der Waals surface area contributed by atoms with Crippen molar-refractivity contribution in [2.75, 3.05) is 19.4 Å². The number of anilines is 1. The summed E-state index contributed by atoms with van der Waals surface area (Å²) in [5.41, 5.74) is 2.29. The van der Waals surface area contributed by atoms with Crippen LogP contribution in [0.3, 0.4) is 0 Å². The van der Waals surface area contributed by atoms with Gasteiger partial charge in [0.05, 0.1) is 10.6 Å². The summed E-state index contributed by atoms with van der Waals surface area (Å²) in [7, 11) is -0.793. The number of carbonyl (C=O) groups excluding carboxylic acids is 2. The molecule has 0 saturated heterocycles. The molecule has 0 heterocycles. The van der Waals surface area contributed by atoms with E-state index in [0.29, 0.717) is 22.4 Å². The zero-order chi connectivity index (χ0) is 19.6. The number of nitrogens with zero attached hydrogens (tertiary/aromatic N) is 1. The molecule has 0 atom stereocenters. The lowest BCUT2D eigenvalue weighted by molar-refractivity contribution is 0.101. The van der Waals surface area contributed by atoms with Gasteiger partial charge in [-0.15, -0.1) is 0 Å². The van der Waals surface area contributed by atoms with E-state index in [4.69, 9.17) is 0 Å². The maximum atomic E-state index is 12.7. The van der Waals surface area contributed by atoms with Gasteiger partial charge in [0, 0.05) is 25.2 Å². The number of benzene rings is 2. The molecular formula is C19H22N2O4S. The number of nitrogens with one attached hydrogen (secondary N) is 1. The molecule has 138 valence electrons. The summed E-state index contributed by atoms with van der Waals surface area (Å²) >= 11 is 0. The Hall–Kier alpha value is -2.51. The predicted octanol–water partition coefficient (Wildman–Crippen LogP) is 3.01. The van der Waals surface area contributed by atoms with Crippen molar-refractivity contribution in [1.82, 2.24) is 4.31 Å². The Morgan fingerprint density at radius 3 is 2.23 bits per heavy atom. The molecule has 0 fully saturated rings. The Balaban J connectivity index is 2.49. The fraction of sp³-hybridized carbons (Fsp3) is 0.263. The number of Topliss-reactive ketones (excluding diaryl/α,β-unsaturated/α-hetero) is 1. The topological polar surface area (TPSA) is 83.5 Å². The first-order chi connectivity index (χ1) is 12.1. The van der Waals surface area contributed by atoms with Crippen LogP contribution in [0, 0.1) is 13.8 Å². The maximum Gasteiger partial charge on any atom is 0.255 e. The monoisotopic (exact) mass is 374 g/mol. The number of para-hydroxylation sites is 1. The summed E-state index contributed by atoms with van der Waals surface area (Å²) in [6.45, 7) is 4.88. The van der Waals surface area contributed by atoms with Crippen LogP contribution in [0.2, 0.25) is 0 Å². The van der Waals surface area contributed by atoms with Gasteiger partial charge in [0.15, 0.2) is 5.78 Å². The van der Waals surface area contributed by atoms with Gasteiger partial charge in [-0.2, -0.15) is 0 Å². The number of hydrogen-bond acceptors (Lipinski definition) is 4. The third kappa shape index (κ3) is 3.84. The van der Waals surface area contributed by atoms with Crippen LogP contribution in [-0.2, 0) is 10.0 Å². The van der Waals surface area contributed by atoms with Gasteiger partial charge >= 0.3 is 0 Å². The molecular weight excluding hydrogens is 352 g/mol. The Kier molecular flexibility index (Phi) is 5.63. The van der Waals surface area contributed by atoms with Gasteiger partial charge < -0.3 is 5.32 Å². The fourth-order valence-electron chi connectivity index (χ4n) is 2.52. The SMILES string of the molecule is CC(=O)c1ccccc1NC(=O)c1cc(C)c(C)c(S(=O)(=O)N(C)C)c1. The Morgan fingerprint density at radius 2 is 1.65 bits per heavy atom. The lowest BCUT2D eigenvalue weighted by Gasteiger charge is -2.17. The summed E-state index contributed by atoms with van der Waals surface area (Å²) in [6, 6.07) is 9.68. The molecule has 0 radical (unpaired) electrons. The quantitative estimate of drug-likeness (QED) is 0.816. The molecule has 6 nitrogen and oxygen atoms in total. The molecule has 2 rings (SSSR count). The lowest BCUT2D eigenvalue weighted by Crippen LogP contribution is -2.24. The van der Waals surface area contributed by atoms with Crippen molar-refractivity contribution >= 4 is 27.4 Å². The summed E-state index contributed by atoms with van der Waals surface area (Å²) in [5, 5.41) is 2.69. The highest BCUT2D eigenvalue weighted by Crippen LogP contribution is 2.24. The van der Waals surface area contributed by atoms with Crippen LogP contribution in [0.1, 0.15) is 38.8 Å². The second-order valence-corrected chi connectivity index (χ2v) is 8.38. The molecule has 1 N–H and O–H groups in total. The van der Waals surface area contributed by atoms with E-state index in [9.17, 15) is 18.0 Å².